The number of aryl methyl sites for hydroxylation is 2. The van der Waals surface area contributed by atoms with Crippen molar-refractivity contribution in [3.05, 3.63) is 144 Å². The molecule has 9 rings (SSSR count). The highest BCUT2D eigenvalue weighted by molar-refractivity contribution is 14.2. The van der Waals surface area contributed by atoms with Crippen LogP contribution in [0.15, 0.2) is 147 Å². The lowest BCUT2D eigenvalue weighted by molar-refractivity contribution is 0.475. The monoisotopic (exact) mass is 1250 g/mol. The Morgan fingerprint density at radius 1 is 0.464 bits per heavy atom. The molecule has 10 heteroatoms. The van der Waals surface area contributed by atoms with Crippen molar-refractivity contribution in [1.82, 2.24) is 0 Å². The Bertz CT molecular complexity index is 2630. The summed E-state index contributed by atoms with van der Waals surface area (Å²) in [6.45, 7) is 7.19. The Kier molecular flexibility index (Phi) is 11.9. The Hall–Kier alpha value is -1.28. The molecule has 0 N–H and O–H groups in total. The lowest BCUT2D eigenvalue weighted by Gasteiger charge is -2.37. The molecule has 0 aliphatic heterocycles. The van der Waals surface area contributed by atoms with E-state index in [2.05, 4.69) is 243 Å². The largest absolute Gasteiger partial charge is 0.310 e. The average Bonchev–Trinajstić information content (AvgIpc) is 3.24. The van der Waals surface area contributed by atoms with Gasteiger partial charge in [0.15, 0.2) is 0 Å². The van der Waals surface area contributed by atoms with Crippen LogP contribution in [-0.4, -0.2) is 0 Å². The minimum atomic E-state index is 0.0200. The van der Waals surface area contributed by atoms with Gasteiger partial charge < -0.3 is 9.80 Å². The minimum absolute atomic E-state index is 0.0200. The molecule has 0 atom stereocenters. The van der Waals surface area contributed by atoms with Gasteiger partial charge in [-0.1, -0.05) is 61.7 Å². The number of anilines is 6. The van der Waals surface area contributed by atoms with E-state index in [1.54, 1.807) is 35.7 Å². The third-order valence-electron chi connectivity index (χ3n) is 11.2. The van der Waals surface area contributed by atoms with Crippen LogP contribution in [0.1, 0.15) is 37.0 Å². The van der Waals surface area contributed by atoms with Gasteiger partial charge in [0.2, 0.25) is 0 Å². The molecule has 0 aromatic heterocycles. The molecule has 0 spiro atoms. The number of benzene rings is 8. The summed E-state index contributed by atoms with van der Waals surface area (Å²) < 4.78 is 0. The van der Waals surface area contributed by atoms with E-state index in [0.717, 1.165) is 35.6 Å². The third kappa shape index (κ3) is 7.22. The Labute approximate surface area is 394 Å². The predicted octanol–water partition coefficient (Wildman–Crippen LogP) is 18.8. The maximum Gasteiger partial charge on any atom is 0.0543 e. The van der Waals surface area contributed by atoms with E-state index in [1.165, 1.54) is 80.0 Å². The molecule has 0 unspecified atom stereocenters. The van der Waals surface area contributed by atoms with Crippen LogP contribution in [0, 0.1) is 6.92 Å². The summed E-state index contributed by atoms with van der Waals surface area (Å²) in [5.41, 5.74) is 11.3. The maximum absolute atomic E-state index is 2.57. The molecule has 1 aliphatic rings. The van der Waals surface area contributed by atoms with E-state index in [1.807, 2.05) is 0 Å². The number of rotatable bonds is 10. The summed E-state index contributed by atoms with van der Waals surface area (Å²) in [5, 5.41) is 8.10. The summed E-state index contributed by atoms with van der Waals surface area (Å²) in [7, 11) is 7.02. The molecule has 0 saturated carbocycles. The molecule has 8 aromatic rings. The van der Waals surface area contributed by atoms with Crippen LogP contribution in [0.4, 0.5) is 34.1 Å². The third-order valence-corrected chi connectivity index (χ3v) is 19.1. The zero-order chi connectivity index (χ0) is 38.7. The Morgan fingerprint density at radius 2 is 0.875 bits per heavy atom. The van der Waals surface area contributed by atoms with Gasteiger partial charge in [-0.3, -0.25) is 0 Å². The molecule has 0 radical (unpaired) electrons. The smallest absolute Gasteiger partial charge is 0.0543 e. The van der Waals surface area contributed by atoms with Crippen LogP contribution in [0.25, 0.3) is 32.3 Å². The normalized spacial score (nSPS) is 13.6. The SMILES string of the molecule is Cc1cc(N(c2ccc(SI)cc2)c2ccc(SI)cc2)c2cc3c4c(cc(N(c5ccc(SI)cc5)c5ccc(SI)cc5)c5ccc1c2c54)CCC3(C)C. The van der Waals surface area contributed by atoms with Crippen LogP contribution in [0.3, 0.4) is 0 Å². The molecule has 0 heterocycles. The van der Waals surface area contributed by atoms with E-state index < -0.39 is 0 Å². The number of hydrogen-bond acceptors (Lipinski definition) is 6. The van der Waals surface area contributed by atoms with Crippen molar-refractivity contribution < 1.29 is 0 Å². The summed E-state index contributed by atoms with van der Waals surface area (Å²) >= 11 is 9.51. The van der Waals surface area contributed by atoms with Gasteiger partial charge in [-0.2, -0.15) is 0 Å². The van der Waals surface area contributed by atoms with Crippen LogP contribution < -0.4 is 9.80 Å². The van der Waals surface area contributed by atoms with Gasteiger partial charge in [-0.25, -0.2) is 0 Å². The lowest BCUT2D eigenvalue weighted by atomic mass is 9.70. The van der Waals surface area contributed by atoms with Crippen LogP contribution in [0.2, 0.25) is 0 Å². The molecule has 280 valence electrons. The van der Waals surface area contributed by atoms with Gasteiger partial charge in [0, 0.05) is 143 Å². The molecule has 0 fully saturated rings. The van der Waals surface area contributed by atoms with E-state index >= 15 is 0 Å². The van der Waals surface area contributed by atoms with Crippen molar-refractivity contribution in [1.29, 1.82) is 0 Å². The Morgan fingerprint density at radius 3 is 1.30 bits per heavy atom. The van der Waals surface area contributed by atoms with Gasteiger partial charge in [0.25, 0.3) is 0 Å². The van der Waals surface area contributed by atoms with Crippen molar-refractivity contribution in [3.63, 3.8) is 0 Å². The van der Waals surface area contributed by atoms with Crippen molar-refractivity contribution in [2.75, 3.05) is 9.80 Å². The molecular weight excluding hydrogens is 1220 g/mol. The highest BCUT2D eigenvalue weighted by Crippen LogP contribution is 2.54. The van der Waals surface area contributed by atoms with Gasteiger partial charge in [-0.05, 0) is 173 Å². The van der Waals surface area contributed by atoms with Crippen LogP contribution >= 0.6 is 121 Å². The average molecular weight is 1250 g/mol. The van der Waals surface area contributed by atoms with Gasteiger partial charge in [0.05, 0.1) is 11.4 Å². The van der Waals surface area contributed by atoms with Crippen molar-refractivity contribution in [3.8, 4) is 0 Å². The molecular formula is C46H34I4N2S4. The summed E-state index contributed by atoms with van der Waals surface area (Å²) in [6, 6.07) is 48.5. The summed E-state index contributed by atoms with van der Waals surface area (Å²) in [4.78, 5) is 9.97. The molecule has 0 saturated heterocycles. The van der Waals surface area contributed by atoms with E-state index in [-0.39, 0.29) is 5.41 Å². The highest BCUT2D eigenvalue weighted by atomic mass is 127. The molecule has 56 heavy (non-hydrogen) atoms. The second-order valence-electron chi connectivity index (χ2n) is 14.9. The van der Waals surface area contributed by atoms with Gasteiger partial charge in [-0.15, -0.1) is 0 Å². The first-order valence-electron chi connectivity index (χ1n) is 18.2. The fraction of sp³-hybridized carbons (Fsp3) is 0.130. The lowest BCUT2D eigenvalue weighted by Crippen LogP contribution is -2.24. The van der Waals surface area contributed by atoms with Gasteiger partial charge >= 0.3 is 0 Å². The van der Waals surface area contributed by atoms with E-state index in [9.17, 15) is 0 Å². The molecule has 0 amide bonds. The number of hydrogen-bond donors (Lipinski definition) is 0. The first kappa shape index (κ1) is 40.1. The van der Waals surface area contributed by atoms with Crippen molar-refractivity contribution in [2.45, 2.75) is 58.6 Å². The second kappa shape index (κ2) is 16.6. The Balaban J connectivity index is 1.39. The highest BCUT2D eigenvalue weighted by Gasteiger charge is 2.33. The quantitative estimate of drug-likeness (QED) is 0.0987. The zero-order valence-electron chi connectivity index (χ0n) is 30.6. The molecule has 1 aliphatic carbocycles. The predicted molar refractivity (Wildman–Crippen MR) is 285 cm³/mol. The van der Waals surface area contributed by atoms with E-state index in [4.69, 9.17) is 0 Å². The van der Waals surface area contributed by atoms with Crippen molar-refractivity contribution >= 4 is 187 Å². The van der Waals surface area contributed by atoms with Gasteiger partial charge in [0.1, 0.15) is 0 Å². The number of nitrogens with zero attached hydrogens (tertiary/aromatic N) is 2. The zero-order valence-corrected chi connectivity index (χ0v) is 42.5. The molecule has 2 nitrogen and oxygen atoms in total. The summed E-state index contributed by atoms with van der Waals surface area (Å²) in [5.74, 6) is 0. The van der Waals surface area contributed by atoms with Crippen LogP contribution in [0.5, 0.6) is 0 Å². The molecule has 0 bridgehead atoms. The maximum atomic E-state index is 2.57. The van der Waals surface area contributed by atoms with Crippen LogP contribution in [-0.2, 0) is 11.8 Å². The van der Waals surface area contributed by atoms with E-state index in [0.29, 0.717) is 0 Å². The fourth-order valence-electron chi connectivity index (χ4n) is 8.44. The standard InChI is InChI=1S/C46H34I4N2S4/c1-27-24-41(51(29-4-12-33(53-47)13-5-29)30-6-14-34(54-48)15-7-30)39-26-40-43-28(22-23-46(40,2)3)25-42(38-21-20-37(27)44(39)45(38)43)52(31-8-16-35(55-49)17-9-31)32-10-18-36(56-50)19-11-32/h4-21,24-26H,22-23H2,1-3H3. The number of halogens is 4. The van der Waals surface area contributed by atoms with Crippen molar-refractivity contribution in [2.24, 2.45) is 0 Å². The fourth-order valence-corrected chi connectivity index (χ4v) is 12.9. The first-order valence-corrected chi connectivity index (χ1v) is 31.6. The second-order valence-corrected chi connectivity index (χ2v) is 22.7. The summed E-state index contributed by atoms with van der Waals surface area (Å²) in [6.07, 6.45) is 2.14. The minimum Gasteiger partial charge on any atom is -0.310 e. The topological polar surface area (TPSA) is 6.48 Å². The molecule has 8 aromatic carbocycles. The first-order chi connectivity index (χ1) is 27.2.